The van der Waals surface area contributed by atoms with Gasteiger partial charge in [0.1, 0.15) is 0 Å². The van der Waals surface area contributed by atoms with Gasteiger partial charge in [0.2, 0.25) is 0 Å². The summed E-state index contributed by atoms with van der Waals surface area (Å²) < 4.78 is 5.09. The molecule has 5 heteroatoms. The molecule has 146 valence electrons. The van der Waals surface area contributed by atoms with Crippen molar-refractivity contribution in [2.45, 2.75) is 25.3 Å². The van der Waals surface area contributed by atoms with Gasteiger partial charge in [-0.3, -0.25) is 9.59 Å². The second kappa shape index (κ2) is 9.33. The van der Waals surface area contributed by atoms with Crippen LogP contribution in [-0.2, 0) is 20.7 Å². The highest BCUT2D eigenvalue weighted by atomic mass is 16.5. The van der Waals surface area contributed by atoms with Crippen LogP contribution in [0, 0.1) is 0 Å². The van der Waals surface area contributed by atoms with Gasteiger partial charge in [0, 0.05) is 26.7 Å². The lowest BCUT2D eigenvalue weighted by Crippen LogP contribution is -2.32. The van der Waals surface area contributed by atoms with Gasteiger partial charge in [0.05, 0.1) is 11.6 Å². The van der Waals surface area contributed by atoms with Gasteiger partial charge in [-0.15, -0.1) is 0 Å². The standard InChI is InChI=1S/C23H25NO4/c1-28-16-8-15-24-21(18-11-6-3-7-12-18)20(22(26)23(24)27)19(25)14-13-17-9-4-2-5-10-17/h2-7,9-12,21,26H,8,13-16H2,1H3. The molecule has 0 aliphatic carbocycles. The van der Waals surface area contributed by atoms with Crippen molar-refractivity contribution in [3.05, 3.63) is 83.1 Å². The van der Waals surface area contributed by atoms with Crippen LogP contribution in [0.5, 0.6) is 0 Å². The van der Waals surface area contributed by atoms with Gasteiger partial charge in [0.15, 0.2) is 11.5 Å². The molecule has 1 amide bonds. The minimum atomic E-state index is -0.561. The highest BCUT2D eigenvalue weighted by Crippen LogP contribution is 2.38. The van der Waals surface area contributed by atoms with Crippen LogP contribution in [0.2, 0.25) is 0 Å². The number of ketones is 1. The average Bonchev–Trinajstić information content (AvgIpc) is 2.98. The average molecular weight is 379 g/mol. The first kappa shape index (κ1) is 19.8. The topological polar surface area (TPSA) is 66.8 Å². The predicted octanol–water partition coefficient (Wildman–Crippen LogP) is 3.62. The molecule has 0 radical (unpaired) electrons. The van der Waals surface area contributed by atoms with Crippen molar-refractivity contribution in [2.24, 2.45) is 0 Å². The van der Waals surface area contributed by atoms with Crippen LogP contribution in [0.25, 0.3) is 0 Å². The molecule has 3 rings (SSSR count). The lowest BCUT2D eigenvalue weighted by Gasteiger charge is -2.26. The molecule has 0 saturated heterocycles. The number of amides is 1. The van der Waals surface area contributed by atoms with E-state index < -0.39 is 17.7 Å². The minimum Gasteiger partial charge on any atom is -0.503 e. The van der Waals surface area contributed by atoms with E-state index >= 15 is 0 Å². The molecule has 1 heterocycles. The number of methoxy groups -OCH3 is 1. The summed E-state index contributed by atoms with van der Waals surface area (Å²) in [5, 5.41) is 10.5. The molecule has 28 heavy (non-hydrogen) atoms. The van der Waals surface area contributed by atoms with E-state index in [0.717, 1.165) is 11.1 Å². The first-order valence-electron chi connectivity index (χ1n) is 9.48. The van der Waals surface area contributed by atoms with Crippen LogP contribution in [0.1, 0.15) is 30.0 Å². The number of nitrogens with zero attached hydrogens (tertiary/aromatic N) is 1. The summed E-state index contributed by atoms with van der Waals surface area (Å²) in [4.78, 5) is 27.3. The Morgan fingerprint density at radius 1 is 1.07 bits per heavy atom. The summed E-state index contributed by atoms with van der Waals surface area (Å²) in [6.45, 7) is 0.912. The van der Waals surface area contributed by atoms with Gasteiger partial charge in [-0.1, -0.05) is 60.7 Å². The maximum Gasteiger partial charge on any atom is 0.290 e. The van der Waals surface area contributed by atoms with Gasteiger partial charge in [0.25, 0.3) is 5.91 Å². The van der Waals surface area contributed by atoms with Crippen LogP contribution in [0.3, 0.4) is 0 Å². The molecular weight excluding hydrogens is 354 g/mol. The van der Waals surface area contributed by atoms with Crippen LogP contribution in [0.4, 0.5) is 0 Å². The highest BCUT2D eigenvalue weighted by Gasteiger charge is 2.42. The van der Waals surface area contributed by atoms with Crippen LogP contribution in [-0.4, -0.2) is 42.0 Å². The van der Waals surface area contributed by atoms with Crippen LogP contribution in [0.15, 0.2) is 72.0 Å². The van der Waals surface area contributed by atoms with E-state index in [1.807, 2.05) is 60.7 Å². The molecule has 1 N–H and O–H groups in total. The zero-order chi connectivity index (χ0) is 19.9. The number of aliphatic hydroxyl groups is 1. The Kier molecular flexibility index (Phi) is 6.61. The number of aliphatic hydroxyl groups excluding tert-OH is 1. The van der Waals surface area contributed by atoms with Crippen molar-refractivity contribution in [2.75, 3.05) is 20.3 Å². The number of carbonyl (C=O) groups excluding carboxylic acids is 2. The van der Waals surface area contributed by atoms with Gasteiger partial charge in [-0.05, 0) is 24.0 Å². The number of hydrogen-bond donors (Lipinski definition) is 1. The van der Waals surface area contributed by atoms with E-state index in [1.54, 1.807) is 12.0 Å². The van der Waals surface area contributed by atoms with Gasteiger partial charge < -0.3 is 14.7 Å². The molecule has 1 unspecified atom stereocenters. The second-order valence-corrected chi connectivity index (χ2v) is 6.83. The van der Waals surface area contributed by atoms with E-state index in [0.29, 0.717) is 26.0 Å². The fraction of sp³-hybridized carbons (Fsp3) is 0.304. The fourth-order valence-electron chi connectivity index (χ4n) is 3.57. The molecule has 1 aliphatic heterocycles. The molecule has 1 atom stereocenters. The molecule has 1 aliphatic rings. The minimum absolute atomic E-state index is 0.196. The lowest BCUT2D eigenvalue weighted by molar-refractivity contribution is -0.129. The Morgan fingerprint density at radius 2 is 1.71 bits per heavy atom. The smallest absolute Gasteiger partial charge is 0.290 e. The third kappa shape index (κ3) is 4.31. The normalized spacial score (nSPS) is 16.7. The van der Waals surface area contributed by atoms with E-state index in [-0.39, 0.29) is 17.8 Å². The zero-order valence-electron chi connectivity index (χ0n) is 16.0. The quantitative estimate of drug-likeness (QED) is 0.676. The van der Waals surface area contributed by atoms with E-state index in [2.05, 4.69) is 0 Å². The van der Waals surface area contributed by atoms with Crippen molar-refractivity contribution in [1.82, 2.24) is 4.90 Å². The first-order chi connectivity index (χ1) is 13.6. The summed E-state index contributed by atoms with van der Waals surface area (Å²) in [7, 11) is 1.61. The molecule has 0 saturated carbocycles. The Bertz CT molecular complexity index is 845. The molecule has 0 aromatic heterocycles. The number of aryl methyl sites for hydroxylation is 1. The van der Waals surface area contributed by atoms with E-state index in [1.165, 1.54) is 0 Å². The third-order valence-corrected chi connectivity index (χ3v) is 4.95. The monoisotopic (exact) mass is 379 g/mol. The second-order valence-electron chi connectivity index (χ2n) is 6.83. The Hall–Kier alpha value is -2.92. The van der Waals surface area contributed by atoms with Crippen molar-refractivity contribution in [3.8, 4) is 0 Å². The van der Waals surface area contributed by atoms with Crippen molar-refractivity contribution >= 4 is 11.7 Å². The number of hydrogen-bond acceptors (Lipinski definition) is 4. The summed E-state index contributed by atoms with van der Waals surface area (Å²) in [6, 6.07) is 18.5. The van der Waals surface area contributed by atoms with Crippen LogP contribution >= 0.6 is 0 Å². The fourth-order valence-corrected chi connectivity index (χ4v) is 3.57. The van der Waals surface area contributed by atoms with Crippen molar-refractivity contribution in [1.29, 1.82) is 0 Å². The van der Waals surface area contributed by atoms with Crippen molar-refractivity contribution < 1.29 is 19.4 Å². The molecule has 5 nitrogen and oxygen atoms in total. The SMILES string of the molecule is COCCCN1C(=O)C(O)=C(C(=O)CCc2ccccc2)C1c1ccccc1. The number of Topliss-reactive ketones (excluding diaryl/α,β-unsaturated/α-hetero) is 1. The summed E-state index contributed by atoms with van der Waals surface area (Å²) in [5.74, 6) is -1.12. The molecule has 0 bridgehead atoms. The van der Waals surface area contributed by atoms with Crippen LogP contribution < -0.4 is 0 Å². The Labute approximate surface area is 165 Å². The molecule has 0 fully saturated rings. The molecular formula is C23H25NO4. The van der Waals surface area contributed by atoms with Gasteiger partial charge in [-0.2, -0.15) is 0 Å². The number of benzene rings is 2. The lowest BCUT2D eigenvalue weighted by atomic mass is 9.93. The molecule has 2 aromatic carbocycles. The zero-order valence-corrected chi connectivity index (χ0v) is 16.0. The predicted molar refractivity (Wildman–Crippen MR) is 107 cm³/mol. The molecule has 2 aromatic rings. The maximum atomic E-state index is 13.0. The first-order valence-corrected chi connectivity index (χ1v) is 9.48. The largest absolute Gasteiger partial charge is 0.503 e. The van der Waals surface area contributed by atoms with Gasteiger partial charge in [-0.25, -0.2) is 0 Å². The third-order valence-electron chi connectivity index (χ3n) is 4.95. The van der Waals surface area contributed by atoms with Gasteiger partial charge >= 0.3 is 0 Å². The summed E-state index contributed by atoms with van der Waals surface area (Å²) >= 11 is 0. The summed E-state index contributed by atoms with van der Waals surface area (Å²) in [6.07, 6.45) is 1.44. The van der Waals surface area contributed by atoms with E-state index in [9.17, 15) is 14.7 Å². The number of rotatable bonds is 9. The number of ether oxygens (including phenoxy) is 1. The number of carbonyl (C=O) groups is 2. The maximum absolute atomic E-state index is 13.0. The summed E-state index contributed by atoms with van der Waals surface area (Å²) in [5.41, 5.74) is 2.07. The highest BCUT2D eigenvalue weighted by molar-refractivity contribution is 6.09. The Balaban J connectivity index is 1.85. The van der Waals surface area contributed by atoms with E-state index in [4.69, 9.17) is 4.74 Å². The Morgan fingerprint density at radius 3 is 2.36 bits per heavy atom. The van der Waals surface area contributed by atoms with Crippen molar-refractivity contribution in [3.63, 3.8) is 0 Å². The molecule has 0 spiro atoms.